The molecule has 27 heavy (non-hydrogen) atoms. The highest BCUT2D eigenvalue weighted by Crippen LogP contribution is 2.24. The molecule has 1 aliphatic rings. The van der Waals surface area contributed by atoms with Crippen LogP contribution in [0.15, 0.2) is 47.6 Å². The lowest BCUT2D eigenvalue weighted by Gasteiger charge is -2.21. The Bertz CT molecular complexity index is 729. The summed E-state index contributed by atoms with van der Waals surface area (Å²) in [5, 5.41) is 3.89. The monoisotopic (exact) mass is 386 g/mol. The standard InChI is InChI=1S/C22H27FN2OS/c23-19-12-10-17(11-13-19)8-5-15-27-22-20(9-4-14-24-22)21(26)25-16-18-6-2-1-3-7-18/h4,9-14,18H,1-3,5-8,15-16H2,(H,25,26). The van der Waals surface area contributed by atoms with Crippen LogP contribution in [-0.4, -0.2) is 23.2 Å². The second-order valence-electron chi connectivity index (χ2n) is 7.15. The summed E-state index contributed by atoms with van der Waals surface area (Å²) in [4.78, 5) is 17.0. The number of rotatable bonds is 8. The Morgan fingerprint density at radius 3 is 2.70 bits per heavy atom. The molecule has 1 aliphatic carbocycles. The van der Waals surface area contributed by atoms with Crippen molar-refractivity contribution in [3.05, 3.63) is 59.5 Å². The number of thioether (sulfide) groups is 1. The average molecular weight is 387 g/mol. The molecule has 1 heterocycles. The van der Waals surface area contributed by atoms with Crippen LogP contribution in [0, 0.1) is 11.7 Å². The zero-order valence-electron chi connectivity index (χ0n) is 15.6. The summed E-state index contributed by atoms with van der Waals surface area (Å²) in [5.74, 6) is 1.27. The van der Waals surface area contributed by atoms with Crippen LogP contribution >= 0.6 is 11.8 Å². The molecule has 0 aliphatic heterocycles. The number of carbonyl (C=O) groups excluding carboxylic acids is 1. The van der Waals surface area contributed by atoms with Gasteiger partial charge in [0.25, 0.3) is 5.91 Å². The van der Waals surface area contributed by atoms with Gasteiger partial charge in [-0.05, 0) is 67.2 Å². The van der Waals surface area contributed by atoms with E-state index in [4.69, 9.17) is 0 Å². The fourth-order valence-electron chi connectivity index (χ4n) is 3.50. The number of pyridine rings is 1. The molecular weight excluding hydrogens is 359 g/mol. The number of aromatic nitrogens is 1. The molecule has 5 heteroatoms. The number of aryl methyl sites for hydroxylation is 1. The molecule has 1 amide bonds. The van der Waals surface area contributed by atoms with E-state index in [9.17, 15) is 9.18 Å². The second kappa shape index (κ2) is 10.5. The minimum Gasteiger partial charge on any atom is -0.352 e. The number of benzene rings is 1. The minimum atomic E-state index is -0.203. The summed E-state index contributed by atoms with van der Waals surface area (Å²) < 4.78 is 12.9. The third-order valence-electron chi connectivity index (χ3n) is 5.05. The van der Waals surface area contributed by atoms with Crippen molar-refractivity contribution < 1.29 is 9.18 Å². The Kier molecular flexibility index (Phi) is 7.69. The third-order valence-corrected chi connectivity index (χ3v) is 6.15. The quantitative estimate of drug-likeness (QED) is 0.497. The zero-order chi connectivity index (χ0) is 18.9. The first-order valence-electron chi connectivity index (χ1n) is 9.83. The van der Waals surface area contributed by atoms with E-state index in [0.717, 1.165) is 35.7 Å². The number of amides is 1. The zero-order valence-corrected chi connectivity index (χ0v) is 16.4. The predicted octanol–water partition coefficient (Wildman–Crippen LogP) is 5.26. The van der Waals surface area contributed by atoms with Gasteiger partial charge in [-0.3, -0.25) is 4.79 Å². The highest BCUT2D eigenvalue weighted by Gasteiger charge is 2.17. The Morgan fingerprint density at radius 1 is 1.15 bits per heavy atom. The number of halogens is 1. The van der Waals surface area contributed by atoms with Gasteiger partial charge in [-0.2, -0.15) is 0 Å². The summed E-state index contributed by atoms with van der Waals surface area (Å²) in [7, 11) is 0. The van der Waals surface area contributed by atoms with Gasteiger partial charge in [-0.25, -0.2) is 9.37 Å². The van der Waals surface area contributed by atoms with Crippen molar-refractivity contribution in [1.82, 2.24) is 10.3 Å². The lowest BCUT2D eigenvalue weighted by atomic mass is 9.89. The van der Waals surface area contributed by atoms with Gasteiger partial charge in [0, 0.05) is 12.7 Å². The molecular formula is C22H27FN2OS. The van der Waals surface area contributed by atoms with E-state index >= 15 is 0 Å². The third kappa shape index (κ3) is 6.35. The molecule has 1 aromatic carbocycles. The van der Waals surface area contributed by atoms with Crippen LogP contribution in [0.1, 0.15) is 54.4 Å². The SMILES string of the molecule is O=C(NCC1CCCCC1)c1cccnc1SCCCc1ccc(F)cc1. The van der Waals surface area contributed by atoms with Crippen molar-refractivity contribution in [2.75, 3.05) is 12.3 Å². The van der Waals surface area contributed by atoms with Crippen molar-refractivity contribution in [3.8, 4) is 0 Å². The molecule has 1 aromatic heterocycles. The molecule has 0 spiro atoms. The van der Waals surface area contributed by atoms with Crippen molar-refractivity contribution in [3.63, 3.8) is 0 Å². The molecule has 0 unspecified atom stereocenters. The molecule has 3 rings (SSSR count). The fraction of sp³-hybridized carbons (Fsp3) is 0.455. The first kappa shape index (κ1) is 19.9. The molecule has 0 saturated heterocycles. The van der Waals surface area contributed by atoms with E-state index in [-0.39, 0.29) is 11.7 Å². The van der Waals surface area contributed by atoms with Gasteiger partial charge in [-0.1, -0.05) is 31.4 Å². The lowest BCUT2D eigenvalue weighted by molar-refractivity contribution is 0.0940. The highest BCUT2D eigenvalue weighted by atomic mass is 32.2. The smallest absolute Gasteiger partial charge is 0.254 e. The molecule has 0 radical (unpaired) electrons. The average Bonchev–Trinajstić information content (AvgIpc) is 2.72. The number of carbonyl (C=O) groups is 1. The molecule has 144 valence electrons. The van der Waals surface area contributed by atoms with Crippen LogP contribution in [0.3, 0.4) is 0 Å². The van der Waals surface area contributed by atoms with Gasteiger partial charge in [0.2, 0.25) is 0 Å². The van der Waals surface area contributed by atoms with E-state index in [2.05, 4.69) is 10.3 Å². The van der Waals surface area contributed by atoms with Crippen molar-refractivity contribution in [1.29, 1.82) is 0 Å². The molecule has 1 saturated carbocycles. The van der Waals surface area contributed by atoms with Crippen LogP contribution in [0.25, 0.3) is 0 Å². The fourth-order valence-corrected chi connectivity index (χ4v) is 4.43. The number of hydrogen-bond donors (Lipinski definition) is 1. The Hall–Kier alpha value is -1.88. The Morgan fingerprint density at radius 2 is 1.93 bits per heavy atom. The summed E-state index contributed by atoms with van der Waals surface area (Å²) >= 11 is 1.61. The Balaban J connectivity index is 1.47. The summed E-state index contributed by atoms with van der Waals surface area (Å²) in [6.07, 6.45) is 9.91. The van der Waals surface area contributed by atoms with Crippen molar-refractivity contribution in [2.45, 2.75) is 50.0 Å². The van der Waals surface area contributed by atoms with Gasteiger partial charge in [0.1, 0.15) is 10.8 Å². The largest absolute Gasteiger partial charge is 0.352 e. The van der Waals surface area contributed by atoms with Gasteiger partial charge in [0.05, 0.1) is 5.56 Å². The molecule has 3 nitrogen and oxygen atoms in total. The maximum atomic E-state index is 12.9. The first-order chi connectivity index (χ1) is 13.2. The maximum absolute atomic E-state index is 12.9. The molecule has 0 atom stereocenters. The molecule has 0 bridgehead atoms. The number of nitrogens with one attached hydrogen (secondary N) is 1. The van der Waals surface area contributed by atoms with Gasteiger partial charge < -0.3 is 5.32 Å². The topological polar surface area (TPSA) is 42.0 Å². The van der Waals surface area contributed by atoms with Crippen molar-refractivity contribution in [2.24, 2.45) is 5.92 Å². The predicted molar refractivity (Wildman–Crippen MR) is 109 cm³/mol. The van der Waals surface area contributed by atoms with Crippen LogP contribution in [0.5, 0.6) is 0 Å². The molecule has 2 aromatic rings. The summed E-state index contributed by atoms with van der Waals surface area (Å²) in [6, 6.07) is 10.3. The molecule has 1 fully saturated rings. The van der Waals surface area contributed by atoms with Crippen LogP contribution in [0.4, 0.5) is 4.39 Å². The van der Waals surface area contributed by atoms with Gasteiger partial charge in [0.15, 0.2) is 0 Å². The van der Waals surface area contributed by atoms with E-state index in [1.807, 2.05) is 24.3 Å². The lowest BCUT2D eigenvalue weighted by Crippen LogP contribution is -2.30. The molecule has 1 N–H and O–H groups in total. The highest BCUT2D eigenvalue weighted by molar-refractivity contribution is 7.99. The van der Waals surface area contributed by atoms with Crippen LogP contribution in [0.2, 0.25) is 0 Å². The number of nitrogens with zero attached hydrogens (tertiary/aromatic N) is 1. The van der Waals surface area contributed by atoms with E-state index in [1.165, 1.54) is 44.2 Å². The minimum absolute atomic E-state index is 0.0188. The van der Waals surface area contributed by atoms with E-state index < -0.39 is 0 Å². The number of hydrogen-bond acceptors (Lipinski definition) is 3. The van der Waals surface area contributed by atoms with Gasteiger partial charge in [-0.15, -0.1) is 11.8 Å². The van der Waals surface area contributed by atoms with E-state index in [1.54, 1.807) is 18.0 Å². The van der Waals surface area contributed by atoms with Crippen molar-refractivity contribution >= 4 is 17.7 Å². The first-order valence-corrected chi connectivity index (χ1v) is 10.8. The second-order valence-corrected chi connectivity index (χ2v) is 8.23. The van der Waals surface area contributed by atoms with Crippen LogP contribution in [-0.2, 0) is 6.42 Å². The summed E-state index contributed by atoms with van der Waals surface area (Å²) in [5.41, 5.74) is 1.79. The maximum Gasteiger partial charge on any atom is 0.254 e. The van der Waals surface area contributed by atoms with Crippen LogP contribution < -0.4 is 5.32 Å². The Labute approximate surface area is 165 Å². The van der Waals surface area contributed by atoms with E-state index in [0.29, 0.717) is 11.5 Å². The summed E-state index contributed by atoms with van der Waals surface area (Å²) in [6.45, 7) is 0.766. The normalized spacial score (nSPS) is 14.9. The van der Waals surface area contributed by atoms with Gasteiger partial charge >= 0.3 is 0 Å².